The fourth-order valence-electron chi connectivity index (χ4n) is 2.86. The molecule has 0 heterocycles. The number of ether oxygens (including phenoxy) is 2. The Labute approximate surface area is 211 Å². The van der Waals surface area contributed by atoms with Crippen LogP contribution in [-0.4, -0.2) is 30.1 Å². The molecule has 0 saturated carbocycles. The molecule has 34 heavy (non-hydrogen) atoms. The quantitative estimate of drug-likeness (QED) is 0.294. The molecule has 3 aromatic rings. The van der Waals surface area contributed by atoms with E-state index in [1.807, 2.05) is 49.4 Å². The second-order valence-electron chi connectivity index (χ2n) is 7.26. The monoisotopic (exact) mass is 541 g/mol. The Bertz CT molecular complexity index is 1140. The van der Waals surface area contributed by atoms with Crippen LogP contribution in [0.1, 0.15) is 21.5 Å². The van der Waals surface area contributed by atoms with Gasteiger partial charge in [0.2, 0.25) is 0 Å². The molecule has 0 unspecified atom stereocenters. The summed E-state index contributed by atoms with van der Waals surface area (Å²) in [5, 5.41) is 2.46. The highest BCUT2D eigenvalue weighted by Gasteiger charge is 2.10. The summed E-state index contributed by atoms with van der Waals surface area (Å²) in [5.74, 6) is 0.374. The van der Waals surface area contributed by atoms with Crippen molar-refractivity contribution in [3.05, 3.63) is 94.0 Å². The Balaban J connectivity index is 1.36. The Kier molecular flexibility index (Phi) is 9.42. The van der Waals surface area contributed by atoms with Gasteiger partial charge < -0.3 is 9.47 Å². The third-order valence-electron chi connectivity index (χ3n) is 4.66. The molecule has 3 rings (SSSR count). The van der Waals surface area contributed by atoms with Gasteiger partial charge in [0.25, 0.3) is 11.8 Å². The zero-order chi connectivity index (χ0) is 24.3. The number of thiocarbonyl (C=S) groups is 1. The summed E-state index contributed by atoms with van der Waals surface area (Å²) in [6, 6.07) is 22.2. The molecule has 0 saturated heterocycles. The van der Waals surface area contributed by atoms with Crippen molar-refractivity contribution in [2.24, 2.45) is 0 Å². The van der Waals surface area contributed by atoms with Gasteiger partial charge in [-0.25, -0.2) is 0 Å². The average molecular weight is 542 g/mol. The molecule has 0 aliphatic heterocycles. The number of nitrogens with one attached hydrogen (secondary N) is 3. The van der Waals surface area contributed by atoms with Crippen LogP contribution in [0.4, 0.5) is 0 Å². The number of aryl methyl sites for hydroxylation is 1. The number of benzene rings is 3. The minimum Gasteiger partial charge on any atom is -0.493 e. The SMILES string of the molecule is Cc1cc(OCC(=O)NNC(=S)NC(=O)c2ccc(OCCc3ccccc3)cc2)ccc1Br. The molecule has 3 aromatic carbocycles. The lowest BCUT2D eigenvalue weighted by molar-refractivity contribution is -0.123. The maximum atomic E-state index is 12.4. The Morgan fingerprint density at radius 1 is 0.912 bits per heavy atom. The molecular weight excluding hydrogens is 518 g/mol. The Hall–Kier alpha value is -3.43. The molecule has 7 nitrogen and oxygen atoms in total. The number of rotatable bonds is 8. The van der Waals surface area contributed by atoms with E-state index in [1.54, 1.807) is 30.3 Å². The molecular formula is C25H24BrN3O4S. The lowest BCUT2D eigenvalue weighted by atomic mass is 10.2. The highest BCUT2D eigenvalue weighted by Crippen LogP contribution is 2.21. The molecule has 2 amide bonds. The van der Waals surface area contributed by atoms with Crippen LogP contribution in [0.3, 0.4) is 0 Å². The molecule has 0 atom stereocenters. The third-order valence-corrected chi connectivity index (χ3v) is 5.75. The first-order chi connectivity index (χ1) is 16.4. The van der Waals surface area contributed by atoms with Crippen LogP contribution in [0.2, 0.25) is 0 Å². The highest BCUT2D eigenvalue weighted by molar-refractivity contribution is 9.10. The average Bonchev–Trinajstić information content (AvgIpc) is 2.84. The lowest BCUT2D eigenvalue weighted by Gasteiger charge is -2.12. The van der Waals surface area contributed by atoms with E-state index in [0.29, 0.717) is 23.7 Å². The van der Waals surface area contributed by atoms with Crippen molar-refractivity contribution in [3.63, 3.8) is 0 Å². The number of carbonyl (C=O) groups is 2. The number of hydrazine groups is 1. The fraction of sp³-hybridized carbons (Fsp3) is 0.160. The van der Waals surface area contributed by atoms with Crippen LogP contribution >= 0.6 is 28.1 Å². The first-order valence-electron chi connectivity index (χ1n) is 10.5. The van der Waals surface area contributed by atoms with E-state index < -0.39 is 11.8 Å². The maximum absolute atomic E-state index is 12.4. The number of halogens is 1. The predicted octanol–water partition coefficient (Wildman–Crippen LogP) is 4.09. The van der Waals surface area contributed by atoms with Crippen molar-refractivity contribution in [3.8, 4) is 11.5 Å². The molecule has 0 spiro atoms. The van der Waals surface area contributed by atoms with Crippen LogP contribution in [0.25, 0.3) is 0 Å². The zero-order valence-electron chi connectivity index (χ0n) is 18.5. The number of carbonyl (C=O) groups excluding carboxylic acids is 2. The first kappa shape index (κ1) is 25.2. The van der Waals surface area contributed by atoms with Gasteiger partial charge >= 0.3 is 0 Å². The van der Waals surface area contributed by atoms with Crippen molar-refractivity contribution in [1.29, 1.82) is 0 Å². The van der Waals surface area contributed by atoms with E-state index in [1.165, 1.54) is 5.56 Å². The van der Waals surface area contributed by atoms with E-state index in [2.05, 4.69) is 32.1 Å². The van der Waals surface area contributed by atoms with Crippen molar-refractivity contribution in [2.45, 2.75) is 13.3 Å². The van der Waals surface area contributed by atoms with Crippen molar-refractivity contribution < 1.29 is 19.1 Å². The van der Waals surface area contributed by atoms with Crippen molar-refractivity contribution in [1.82, 2.24) is 16.2 Å². The van der Waals surface area contributed by atoms with Gasteiger partial charge in [-0.05, 0) is 72.7 Å². The van der Waals surface area contributed by atoms with Crippen LogP contribution in [0.5, 0.6) is 11.5 Å². The summed E-state index contributed by atoms with van der Waals surface area (Å²) in [5.41, 5.74) is 7.46. The van der Waals surface area contributed by atoms with Gasteiger partial charge in [0.05, 0.1) is 6.61 Å². The summed E-state index contributed by atoms with van der Waals surface area (Å²) in [7, 11) is 0. The number of hydrogen-bond donors (Lipinski definition) is 3. The van der Waals surface area contributed by atoms with Gasteiger partial charge in [0, 0.05) is 16.5 Å². The van der Waals surface area contributed by atoms with E-state index in [4.69, 9.17) is 21.7 Å². The normalized spacial score (nSPS) is 10.2. The molecule has 176 valence electrons. The molecule has 9 heteroatoms. The fourth-order valence-corrected chi connectivity index (χ4v) is 3.25. The molecule has 0 fully saturated rings. The topological polar surface area (TPSA) is 88.7 Å². The van der Waals surface area contributed by atoms with Gasteiger partial charge in [0.1, 0.15) is 11.5 Å². The molecule has 0 aliphatic rings. The highest BCUT2D eigenvalue weighted by atomic mass is 79.9. The summed E-state index contributed by atoms with van der Waals surface area (Å²) in [6.07, 6.45) is 0.794. The zero-order valence-corrected chi connectivity index (χ0v) is 20.9. The molecule has 0 bridgehead atoms. The minimum absolute atomic E-state index is 0.0407. The minimum atomic E-state index is -0.450. The second-order valence-corrected chi connectivity index (χ2v) is 8.53. The predicted molar refractivity (Wildman–Crippen MR) is 138 cm³/mol. The Morgan fingerprint density at radius 2 is 1.62 bits per heavy atom. The summed E-state index contributed by atoms with van der Waals surface area (Å²) in [6.45, 7) is 2.25. The Morgan fingerprint density at radius 3 is 2.32 bits per heavy atom. The number of amides is 2. The third kappa shape index (κ3) is 8.17. The maximum Gasteiger partial charge on any atom is 0.276 e. The second kappa shape index (κ2) is 12.7. The summed E-state index contributed by atoms with van der Waals surface area (Å²) < 4.78 is 12.1. The molecule has 0 aliphatic carbocycles. The molecule has 0 aromatic heterocycles. The smallest absolute Gasteiger partial charge is 0.276 e. The molecule has 3 N–H and O–H groups in total. The van der Waals surface area contributed by atoms with Crippen LogP contribution in [0.15, 0.2) is 77.3 Å². The van der Waals surface area contributed by atoms with Gasteiger partial charge in [-0.15, -0.1) is 0 Å². The van der Waals surface area contributed by atoms with Crippen LogP contribution < -0.4 is 25.6 Å². The van der Waals surface area contributed by atoms with Gasteiger partial charge in [-0.1, -0.05) is 46.3 Å². The van der Waals surface area contributed by atoms with Crippen molar-refractivity contribution >= 4 is 45.1 Å². The molecule has 0 radical (unpaired) electrons. The first-order valence-corrected chi connectivity index (χ1v) is 11.7. The van der Waals surface area contributed by atoms with Crippen LogP contribution in [0, 0.1) is 6.92 Å². The largest absolute Gasteiger partial charge is 0.493 e. The van der Waals surface area contributed by atoms with E-state index in [9.17, 15) is 9.59 Å². The van der Waals surface area contributed by atoms with Crippen LogP contribution in [-0.2, 0) is 11.2 Å². The van der Waals surface area contributed by atoms with E-state index in [0.717, 1.165) is 16.5 Å². The summed E-state index contributed by atoms with van der Waals surface area (Å²) >= 11 is 8.47. The van der Waals surface area contributed by atoms with Crippen molar-refractivity contribution in [2.75, 3.05) is 13.2 Å². The van der Waals surface area contributed by atoms with E-state index in [-0.39, 0.29) is 11.7 Å². The standard InChI is InChI=1S/C25H24BrN3O4S/c1-17-15-21(11-12-22(17)26)33-16-23(30)28-29-25(34)27-24(31)19-7-9-20(10-8-19)32-14-13-18-5-3-2-4-6-18/h2-12,15H,13-14,16H2,1H3,(H,28,30)(H2,27,29,31,34). The number of hydrogen-bond acceptors (Lipinski definition) is 5. The van der Waals surface area contributed by atoms with Gasteiger partial charge in [-0.3, -0.25) is 25.8 Å². The van der Waals surface area contributed by atoms with Gasteiger partial charge in [-0.2, -0.15) is 0 Å². The lowest BCUT2D eigenvalue weighted by Crippen LogP contribution is -2.49. The van der Waals surface area contributed by atoms with E-state index >= 15 is 0 Å². The summed E-state index contributed by atoms with van der Waals surface area (Å²) in [4.78, 5) is 24.3. The van der Waals surface area contributed by atoms with Gasteiger partial charge in [0.15, 0.2) is 11.7 Å².